The van der Waals surface area contributed by atoms with Crippen molar-refractivity contribution in [1.29, 1.82) is 0 Å². The fraction of sp³-hybridized carbons (Fsp3) is 0.531. The molecule has 3 N–H and O–H groups in total. The number of carboxylic acids is 1. The Morgan fingerprint density at radius 3 is 1.20 bits per heavy atom. The molecule has 0 heterocycles. The van der Waals surface area contributed by atoms with Crippen molar-refractivity contribution in [2.75, 3.05) is 14.2 Å². The van der Waals surface area contributed by atoms with Gasteiger partial charge in [0.2, 0.25) is 0 Å². The lowest BCUT2D eigenvalue weighted by atomic mass is 10.0. The van der Waals surface area contributed by atoms with E-state index >= 15 is 0 Å². The van der Waals surface area contributed by atoms with Crippen molar-refractivity contribution in [2.24, 2.45) is 0 Å². The minimum Gasteiger partial charge on any atom is -0.507 e. The van der Waals surface area contributed by atoms with E-state index in [-0.39, 0.29) is 22.6 Å². The van der Waals surface area contributed by atoms with E-state index in [4.69, 9.17) is 15.3 Å². The minimum atomic E-state index is -0.655. The molecule has 2 aromatic rings. The average Bonchev–Trinajstić information content (AvgIpc) is 2.96. The predicted octanol–water partition coefficient (Wildman–Crippen LogP) is 7.91. The molecule has 0 atom stereocenters. The first-order valence-corrected chi connectivity index (χ1v) is 14.2. The number of rotatable bonds is 16. The van der Waals surface area contributed by atoms with E-state index < -0.39 is 17.9 Å². The zero-order chi connectivity index (χ0) is 30.0. The highest BCUT2D eigenvalue weighted by Gasteiger charge is 2.09. The minimum absolute atomic E-state index is 0.0562. The summed E-state index contributed by atoms with van der Waals surface area (Å²) in [5.74, 6) is -1.82. The summed E-state index contributed by atoms with van der Waals surface area (Å²) in [6.45, 7) is 2.26. The Kier molecular flexibility index (Phi) is 22.3. The van der Waals surface area contributed by atoms with Crippen molar-refractivity contribution in [2.45, 2.75) is 96.8 Å². The second-order valence-electron chi connectivity index (χ2n) is 9.40. The molecule has 0 aromatic heterocycles. The molecular formula is C32H48O8. The van der Waals surface area contributed by atoms with Gasteiger partial charge >= 0.3 is 17.9 Å². The van der Waals surface area contributed by atoms with Crippen molar-refractivity contribution in [1.82, 2.24) is 0 Å². The molecule has 40 heavy (non-hydrogen) atoms. The summed E-state index contributed by atoms with van der Waals surface area (Å²) in [5.41, 5.74) is 0.380. The Balaban J connectivity index is 0.000000597. The number of phenolic OH excluding ortho intramolecular Hbond substituents is 2. The number of aromatic hydroxyl groups is 2. The van der Waals surface area contributed by atoms with Crippen molar-refractivity contribution in [3.05, 3.63) is 59.7 Å². The molecule has 2 rings (SSSR count). The average molecular weight is 561 g/mol. The van der Waals surface area contributed by atoms with Gasteiger partial charge in [-0.1, -0.05) is 108 Å². The molecule has 0 aliphatic heterocycles. The van der Waals surface area contributed by atoms with Crippen LogP contribution in [0.15, 0.2) is 48.5 Å². The first kappa shape index (κ1) is 36.5. The van der Waals surface area contributed by atoms with Gasteiger partial charge in [0.25, 0.3) is 0 Å². The molecular weight excluding hydrogens is 512 g/mol. The number of unbranched alkanes of at least 4 members (excludes halogenated alkanes) is 12. The number of carbonyl (C=O) groups is 3. The van der Waals surface area contributed by atoms with Crippen LogP contribution in [0.4, 0.5) is 0 Å². The van der Waals surface area contributed by atoms with E-state index in [0.29, 0.717) is 6.42 Å². The van der Waals surface area contributed by atoms with Gasteiger partial charge in [0.05, 0.1) is 14.2 Å². The number of esters is 2. The van der Waals surface area contributed by atoms with Crippen LogP contribution in [0, 0.1) is 0 Å². The maximum absolute atomic E-state index is 10.9. The third-order valence-corrected chi connectivity index (χ3v) is 6.11. The van der Waals surface area contributed by atoms with E-state index in [1.165, 1.54) is 109 Å². The molecule has 0 saturated heterocycles. The van der Waals surface area contributed by atoms with E-state index in [9.17, 15) is 14.4 Å². The molecule has 8 nitrogen and oxygen atoms in total. The van der Waals surface area contributed by atoms with Crippen LogP contribution in [-0.2, 0) is 14.3 Å². The van der Waals surface area contributed by atoms with E-state index in [1.807, 2.05) is 0 Å². The molecule has 0 radical (unpaired) electrons. The summed E-state index contributed by atoms with van der Waals surface area (Å²) in [4.78, 5) is 32.0. The van der Waals surface area contributed by atoms with Gasteiger partial charge in [0, 0.05) is 6.42 Å². The Hall–Kier alpha value is -3.55. The Morgan fingerprint density at radius 2 is 0.900 bits per heavy atom. The smallest absolute Gasteiger partial charge is 0.341 e. The lowest BCUT2D eigenvalue weighted by molar-refractivity contribution is -0.137. The van der Waals surface area contributed by atoms with Crippen molar-refractivity contribution in [3.8, 4) is 11.5 Å². The van der Waals surface area contributed by atoms with E-state index in [0.717, 1.165) is 12.8 Å². The number of carbonyl (C=O) groups excluding carboxylic acids is 2. The maximum atomic E-state index is 10.9. The van der Waals surface area contributed by atoms with Crippen molar-refractivity contribution >= 4 is 17.9 Å². The standard InChI is InChI=1S/C16H32O2.2C8H8O3/c1-2-3-4-5-6-7-8-9-10-11-12-13-14-15-16(17)18;2*1-11-8(10)6-4-2-3-5-7(6)9/h2-15H2,1H3,(H,17,18);2*2-5,9H,1H3. The van der Waals surface area contributed by atoms with Crippen LogP contribution in [-0.4, -0.2) is 47.4 Å². The maximum Gasteiger partial charge on any atom is 0.341 e. The Morgan fingerprint density at radius 1 is 0.575 bits per heavy atom. The third-order valence-electron chi connectivity index (χ3n) is 6.11. The molecule has 0 spiro atoms. The SMILES string of the molecule is CCCCCCCCCCCCCCCC(=O)O.COC(=O)c1ccccc1O.COC(=O)c1ccccc1O. The Labute approximate surface area is 239 Å². The summed E-state index contributed by atoms with van der Waals surface area (Å²) < 4.78 is 8.84. The van der Waals surface area contributed by atoms with Crippen molar-refractivity contribution < 1.29 is 39.2 Å². The van der Waals surface area contributed by atoms with Crippen LogP contribution in [0.2, 0.25) is 0 Å². The highest BCUT2D eigenvalue weighted by atomic mass is 16.5. The van der Waals surface area contributed by atoms with Crippen LogP contribution < -0.4 is 0 Å². The van der Waals surface area contributed by atoms with Gasteiger partial charge in [-0.3, -0.25) is 4.79 Å². The number of aliphatic carboxylic acids is 1. The summed E-state index contributed by atoms with van der Waals surface area (Å²) in [7, 11) is 2.55. The van der Waals surface area contributed by atoms with Gasteiger partial charge in [-0.2, -0.15) is 0 Å². The fourth-order valence-electron chi connectivity index (χ4n) is 3.81. The second-order valence-corrected chi connectivity index (χ2v) is 9.40. The molecule has 0 fully saturated rings. The van der Waals surface area contributed by atoms with Gasteiger partial charge in [-0.25, -0.2) is 9.59 Å². The van der Waals surface area contributed by atoms with Crippen LogP contribution >= 0.6 is 0 Å². The largest absolute Gasteiger partial charge is 0.507 e. The van der Waals surface area contributed by atoms with Crippen LogP contribution in [0.3, 0.4) is 0 Å². The second kappa shape index (κ2) is 24.5. The number of para-hydroxylation sites is 2. The number of carboxylic acid groups (broad SMARTS) is 1. The highest BCUT2D eigenvalue weighted by Crippen LogP contribution is 2.17. The summed E-state index contributed by atoms with van der Waals surface area (Å²) in [5, 5.41) is 26.7. The Bertz CT molecular complexity index is 900. The summed E-state index contributed by atoms with van der Waals surface area (Å²) in [6.07, 6.45) is 17.3. The highest BCUT2D eigenvalue weighted by molar-refractivity contribution is 5.92. The number of ether oxygens (including phenoxy) is 2. The quantitative estimate of drug-likeness (QED) is 0.139. The number of phenols is 2. The molecule has 8 heteroatoms. The normalized spacial score (nSPS) is 9.88. The van der Waals surface area contributed by atoms with E-state index in [1.54, 1.807) is 24.3 Å². The fourth-order valence-corrected chi connectivity index (χ4v) is 3.81. The third kappa shape index (κ3) is 18.7. The molecule has 2 aromatic carbocycles. The predicted molar refractivity (Wildman–Crippen MR) is 157 cm³/mol. The monoisotopic (exact) mass is 560 g/mol. The number of hydrogen-bond acceptors (Lipinski definition) is 7. The summed E-state index contributed by atoms with van der Waals surface area (Å²) >= 11 is 0. The molecule has 0 aliphatic rings. The van der Waals surface area contributed by atoms with Crippen LogP contribution in [0.25, 0.3) is 0 Å². The lowest BCUT2D eigenvalue weighted by Gasteiger charge is -2.02. The zero-order valence-electron chi connectivity index (χ0n) is 24.4. The van der Waals surface area contributed by atoms with E-state index in [2.05, 4.69) is 16.4 Å². The molecule has 0 unspecified atom stereocenters. The molecule has 0 aliphatic carbocycles. The van der Waals surface area contributed by atoms with Gasteiger partial charge < -0.3 is 24.8 Å². The first-order chi connectivity index (χ1) is 19.3. The topological polar surface area (TPSA) is 130 Å². The summed E-state index contributed by atoms with van der Waals surface area (Å²) in [6, 6.07) is 12.5. The van der Waals surface area contributed by atoms with Gasteiger partial charge in [-0.15, -0.1) is 0 Å². The van der Waals surface area contributed by atoms with Gasteiger partial charge in [0.1, 0.15) is 22.6 Å². The van der Waals surface area contributed by atoms with Crippen molar-refractivity contribution in [3.63, 3.8) is 0 Å². The van der Waals surface area contributed by atoms with Gasteiger partial charge in [0.15, 0.2) is 0 Å². The molecule has 0 amide bonds. The van der Waals surface area contributed by atoms with Crippen LogP contribution in [0.1, 0.15) is 118 Å². The lowest BCUT2D eigenvalue weighted by Crippen LogP contribution is -2.00. The molecule has 224 valence electrons. The number of hydrogen-bond donors (Lipinski definition) is 3. The van der Waals surface area contributed by atoms with Gasteiger partial charge in [-0.05, 0) is 30.7 Å². The zero-order valence-corrected chi connectivity index (χ0v) is 24.4. The first-order valence-electron chi connectivity index (χ1n) is 14.2. The number of methoxy groups -OCH3 is 2. The van der Waals surface area contributed by atoms with Crippen LogP contribution in [0.5, 0.6) is 11.5 Å². The number of benzene rings is 2. The molecule has 0 bridgehead atoms. The molecule has 0 saturated carbocycles.